The van der Waals surface area contributed by atoms with Gasteiger partial charge in [-0.25, -0.2) is 0 Å². The topological polar surface area (TPSA) is 20.2 Å². The first kappa shape index (κ1) is 9.22. The van der Waals surface area contributed by atoms with Gasteiger partial charge in [0.15, 0.2) is 0 Å². The van der Waals surface area contributed by atoms with Crippen molar-refractivity contribution in [2.75, 3.05) is 0 Å². The summed E-state index contributed by atoms with van der Waals surface area (Å²) >= 11 is 1.72. The van der Waals surface area contributed by atoms with Crippen LogP contribution in [0.1, 0.15) is 37.1 Å². The minimum absolute atomic E-state index is 0.323. The Balaban J connectivity index is 2.25. The summed E-state index contributed by atoms with van der Waals surface area (Å²) in [7, 11) is 0. The number of hydrogen-bond donors (Lipinski definition) is 1. The smallest absolute Gasteiger partial charge is 0.0917 e. The molecule has 1 heterocycles. The Morgan fingerprint density at radius 1 is 1.38 bits per heavy atom. The summed E-state index contributed by atoms with van der Waals surface area (Å²) in [5.41, 5.74) is 0.952. The van der Waals surface area contributed by atoms with Crippen LogP contribution in [-0.4, -0.2) is 5.11 Å². The fourth-order valence-corrected chi connectivity index (χ4v) is 3.38. The minimum Gasteiger partial charge on any atom is -0.385 e. The lowest BCUT2D eigenvalue weighted by Crippen LogP contribution is -2.46. The van der Waals surface area contributed by atoms with Crippen molar-refractivity contribution < 1.29 is 5.11 Å². The summed E-state index contributed by atoms with van der Waals surface area (Å²) < 4.78 is 0. The number of aliphatic hydroxyl groups is 1. The van der Waals surface area contributed by atoms with E-state index >= 15 is 0 Å². The Kier molecular flexibility index (Phi) is 1.83. The Hall–Kier alpha value is -0.340. The quantitative estimate of drug-likeness (QED) is 0.732. The molecule has 1 aliphatic rings. The van der Waals surface area contributed by atoms with Gasteiger partial charge in [0.1, 0.15) is 0 Å². The van der Waals surface area contributed by atoms with Crippen LogP contribution in [0.5, 0.6) is 0 Å². The van der Waals surface area contributed by atoms with E-state index in [9.17, 15) is 5.11 Å². The fourth-order valence-electron chi connectivity index (χ4n) is 2.59. The van der Waals surface area contributed by atoms with E-state index in [0.717, 1.165) is 18.4 Å². The van der Waals surface area contributed by atoms with E-state index in [-0.39, 0.29) is 0 Å². The molecule has 13 heavy (non-hydrogen) atoms. The summed E-state index contributed by atoms with van der Waals surface area (Å²) in [4.78, 5) is 1.26. The highest BCUT2D eigenvalue weighted by atomic mass is 32.1. The third-order valence-corrected chi connectivity index (χ3v) is 3.75. The molecule has 1 aliphatic carbocycles. The molecular formula is C11H16OS. The number of rotatable bonds is 1. The Morgan fingerprint density at radius 3 is 2.38 bits per heavy atom. The zero-order valence-electron chi connectivity index (χ0n) is 8.42. The Bertz CT molecular complexity index is 317. The van der Waals surface area contributed by atoms with Gasteiger partial charge < -0.3 is 5.11 Å². The van der Waals surface area contributed by atoms with Gasteiger partial charge in [-0.2, -0.15) is 0 Å². The number of aryl methyl sites for hydroxylation is 1. The van der Waals surface area contributed by atoms with Gasteiger partial charge in [-0.15, -0.1) is 11.3 Å². The van der Waals surface area contributed by atoms with Crippen LogP contribution in [0, 0.1) is 12.3 Å². The SMILES string of the molecule is Cc1sccc1C1(O)CC(C)(C)C1. The lowest BCUT2D eigenvalue weighted by molar-refractivity contribution is -0.119. The predicted molar refractivity (Wildman–Crippen MR) is 56.0 cm³/mol. The average molecular weight is 196 g/mol. The van der Waals surface area contributed by atoms with Gasteiger partial charge in [0, 0.05) is 4.88 Å². The van der Waals surface area contributed by atoms with Crippen LogP contribution in [0.3, 0.4) is 0 Å². The second kappa shape index (κ2) is 2.58. The van der Waals surface area contributed by atoms with Gasteiger partial charge in [0.2, 0.25) is 0 Å². The van der Waals surface area contributed by atoms with Gasteiger partial charge in [-0.3, -0.25) is 0 Å². The van der Waals surface area contributed by atoms with Gasteiger partial charge >= 0.3 is 0 Å². The van der Waals surface area contributed by atoms with Gasteiger partial charge in [0.25, 0.3) is 0 Å². The standard InChI is InChI=1S/C11H16OS/c1-8-9(4-5-13-8)11(12)6-10(2,3)7-11/h4-5,12H,6-7H2,1-3H3. The summed E-state index contributed by atoms with van der Waals surface area (Å²) in [6.07, 6.45) is 1.80. The molecule has 0 radical (unpaired) electrons. The maximum Gasteiger partial charge on any atom is 0.0917 e. The minimum atomic E-state index is -0.520. The molecule has 1 aromatic heterocycles. The summed E-state index contributed by atoms with van der Waals surface area (Å²) in [6.45, 7) is 6.51. The molecule has 0 amide bonds. The van der Waals surface area contributed by atoms with Crippen molar-refractivity contribution in [3.05, 3.63) is 21.9 Å². The zero-order chi connectivity index (χ0) is 9.69. The summed E-state index contributed by atoms with van der Waals surface area (Å²) in [5, 5.41) is 12.4. The normalized spacial score (nSPS) is 24.0. The molecule has 2 rings (SSSR count). The Labute approximate surface area is 83.4 Å². The third-order valence-electron chi connectivity index (χ3n) is 2.90. The molecular weight excluding hydrogens is 180 g/mol. The second-order valence-corrected chi connectivity index (χ2v) is 6.06. The molecule has 1 N–H and O–H groups in total. The molecule has 0 saturated heterocycles. The summed E-state index contributed by atoms with van der Waals surface area (Å²) in [5.74, 6) is 0. The van der Waals surface area contributed by atoms with E-state index in [2.05, 4.69) is 32.2 Å². The number of hydrogen-bond acceptors (Lipinski definition) is 2. The first-order valence-corrected chi connectivity index (χ1v) is 5.58. The van der Waals surface area contributed by atoms with Crippen molar-refractivity contribution in [3.8, 4) is 0 Å². The fraction of sp³-hybridized carbons (Fsp3) is 0.636. The van der Waals surface area contributed by atoms with Gasteiger partial charge in [-0.05, 0) is 42.2 Å². The summed E-state index contributed by atoms with van der Waals surface area (Å²) in [6, 6.07) is 2.06. The van der Waals surface area contributed by atoms with Crippen LogP contribution in [0.25, 0.3) is 0 Å². The first-order chi connectivity index (χ1) is 5.93. The van der Waals surface area contributed by atoms with E-state index < -0.39 is 5.60 Å². The monoisotopic (exact) mass is 196 g/mol. The van der Waals surface area contributed by atoms with Crippen molar-refractivity contribution in [2.45, 2.75) is 39.2 Å². The van der Waals surface area contributed by atoms with Crippen LogP contribution >= 0.6 is 11.3 Å². The van der Waals surface area contributed by atoms with E-state index in [1.54, 1.807) is 11.3 Å². The molecule has 1 aromatic rings. The molecule has 2 heteroatoms. The van der Waals surface area contributed by atoms with Crippen LogP contribution in [0.2, 0.25) is 0 Å². The maximum atomic E-state index is 10.3. The lowest BCUT2D eigenvalue weighted by atomic mass is 9.59. The van der Waals surface area contributed by atoms with Crippen molar-refractivity contribution in [1.29, 1.82) is 0 Å². The van der Waals surface area contributed by atoms with Crippen LogP contribution in [0.4, 0.5) is 0 Å². The van der Waals surface area contributed by atoms with Crippen LogP contribution < -0.4 is 0 Å². The average Bonchev–Trinajstić information content (AvgIpc) is 2.30. The molecule has 0 unspecified atom stereocenters. The predicted octanol–water partition coefficient (Wildman–Crippen LogP) is 3.06. The molecule has 1 nitrogen and oxygen atoms in total. The zero-order valence-corrected chi connectivity index (χ0v) is 9.24. The molecule has 1 saturated carbocycles. The van der Waals surface area contributed by atoms with Gasteiger partial charge in [-0.1, -0.05) is 13.8 Å². The second-order valence-electron chi connectivity index (χ2n) is 4.94. The van der Waals surface area contributed by atoms with Gasteiger partial charge in [0.05, 0.1) is 5.60 Å². The van der Waals surface area contributed by atoms with E-state index in [0.29, 0.717) is 5.41 Å². The van der Waals surface area contributed by atoms with E-state index in [1.807, 2.05) is 0 Å². The molecule has 0 aromatic carbocycles. The first-order valence-electron chi connectivity index (χ1n) is 4.70. The lowest BCUT2D eigenvalue weighted by Gasteiger charge is -2.50. The largest absolute Gasteiger partial charge is 0.385 e. The van der Waals surface area contributed by atoms with Crippen molar-refractivity contribution in [1.82, 2.24) is 0 Å². The van der Waals surface area contributed by atoms with E-state index in [1.165, 1.54) is 4.88 Å². The van der Waals surface area contributed by atoms with Crippen LogP contribution in [0.15, 0.2) is 11.4 Å². The molecule has 1 fully saturated rings. The molecule has 0 spiro atoms. The molecule has 0 aliphatic heterocycles. The van der Waals surface area contributed by atoms with Crippen molar-refractivity contribution in [2.24, 2.45) is 5.41 Å². The Morgan fingerprint density at radius 2 is 2.00 bits per heavy atom. The maximum absolute atomic E-state index is 10.3. The number of thiophene rings is 1. The highest BCUT2D eigenvalue weighted by Crippen LogP contribution is 2.54. The highest BCUT2D eigenvalue weighted by Gasteiger charge is 2.49. The molecule has 72 valence electrons. The molecule has 0 bridgehead atoms. The van der Waals surface area contributed by atoms with Crippen molar-refractivity contribution >= 4 is 11.3 Å². The van der Waals surface area contributed by atoms with Crippen LogP contribution in [-0.2, 0) is 5.60 Å². The van der Waals surface area contributed by atoms with Crippen molar-refractivity contribution in [3.63, 3.8) is 0 Å². The highest BCUT2D eigenvalue weighted by molar-refractivity contribution is 7.10. The third kappa shape index (κ3) is 1.42. The molecule has 0 atom stereocenters. The van der Waals surface area contributed by atoms with E-state index in [4.69, 9.17) is 0 Å².